The first kappa shape index (κ1) is 14.8. The summed E-state index contributed by atoms with van der Waals surface area (Å²) in [5.74, 6) is -2.00. The van der Waals surface area contributed by atoms with Gasteiger partial charge in [0.2, 0.25) is 0 Å². The molecule has 0 aliphatic carbocycles. The molecule has 1 amide bonds. The number of rotatable bonds is 4. The lowest BCUT2D eigenvalue weighted by Crippen LogP contribution is -2.24. The Morgan fingerprint density at radius 3 is 2.76 bits per heavy atom. The fourth-order valence-electron chi connectivity index (χ4n) is 1.46. The minimum atomic E-state index is -4.88. The minimum absolute atomic E-state index is 0.0295. The average Bonchev–Trinajstić information content (AvgIpc) is 2.91. The number of nitrogens with one attached hydrogen (secondary N) is 2. The van der Waals surface area contributed by atoms with Crippen molar-refractivity contribution in [2.75, 3.05) is 0 Å². The molecule has 2 N–H and O–H groups in total. The summed E-state index contributed by atoms with van der Waals surface area (Å²) in [5.41, 5.74) is -0.188. The van der Waals surface area contributed by atoms with Crippen molar-refractivity contribution in [1.82, 2.24) is 20.7 Å². The van der Waals surface area contributed by atoms with Crippen LogP contribution >= 0.6 is 0 Å². The molecule has 6 nitrogen and oxygen atoms in total. The monoisotopic (exact) mass is 304 g/mol. The molecule has 0 aliphatic heterocycles. The molecule has 21 heavy (non-hydrogen) atoms. The summed E-state index contributed by atoms with van der Waals surface area (Å²) in [4.78, 5) is 11.5. The number of hydrogen-bond donors (Lipinski definition) is 2. The van der Waals surface area contributed by atoms with Crippen LogP contribution in [0.3, 0.4) is 0 Å². The normalized spacial score (nSPS) is 11.2. The number of H-pyrrole nitrogens is 1. The Bertz CT molecular complexity index is 628. The van der Waals surface area contributed by atoms with Gasteiger partial charge in [0.1, 0.15) is 11.6 Å². The number of alkyl halides is 3. The van der Waals surface area contributed by atoms with Crippen LogP contribution in [0.1, 0.15) is 16.1 Å². The molecule has 0 saturated heterocycles. The second kappa shape index (κ2) is 5.77. The SMILES string of the molecule is O=C(NCc1cc(OC(F)(F)F)ccc1F)c1c[nH]nn1. The van der Waals surface area contributed by atoms with Gasteiger partial charge >= 0.3 is 6.36 Å². The van der Waals surface area contributed by atoms with Crippen molar-refractivity contribution in [2.45, 2.75) is 12.9 Å². The third-order valence-corrected chi connectivity index (χ3v) is 2.34. The van der Waals surface area contributed by atoms with E-state index in [9.17, 15) is 22.4 Å². The Morgan fingerprint density at radius 1 is 1.38 bits per heavy atom. The van der Waals surface area contributed by atoms with Gasteiger partial charge in [-0.15, -0.1) is 18.3 Å². The van der Waals surface area contributed by atoms with Crippen LogP contribution in [-0.4, -0.2) is 27.7 Å². The maximum atomic E-state index is 13.5. The zero-order valence-electron chi connectivity index (χ0n) is 10.2. The lowest BCUT2D eigenvalue weighted by Gasteiger charge is -2.11. The molecule has 2 rings (SSSR count). The number of carbonyl (C=O) groups excluding carboxylic acids is 1. The summed E-state index contributed by atoms with van der Waals surface area (Å²) in [5, 5.41) is 11.4. The number of nitrogens with zero attached hydrogens (tertiary/aromatic N) is 2. The molecular formula is C11H8F4N4O2. The van der Waals surface area contributed by atoms with Crippen LogP contribution in [0.25, 0.3) is 0 Å². The Balaban J connectivity index is 2.05. The molecular weight excluding hydrogens is 296 g/mol. The Morgan fingerprint density at radius 2 is 2.14 bits per heavy atom. The van der Waals surface area contributed by atoms with Gasteiger partial charge in [-0.1, -0.05) is 5.21 Å². The van der Waals surface area contributed by atoms with E-state index in [4.69, 9.17) is 0 Å². The van der Waals surface area contributed by atoms with Gasteiger partial charge in [-0.05, 0) is 18.2 Å². The second-order valence-corrected chi connectivity index (χ2v) is 3.84. The van der Waals surface area contributed by atoms with Crippen LogP contribution in [0.15, 0.2) is 24.4 Å². The second-order valence-electron chi connectivity index (χ2n) is 3.84. The fraction of sp³-hybridized carbons (Fsp3) is 0.182. The van der Waals surface area contributed by atoms with Crippen molar-refractivity contribution in [2.24, 2.45) is 0 Å². The van der Waals surface area contributed by atoms with Gasteiger partial charge in [-0.2, -0.15) is 0 Å². The van der Waals surface area contributed by atoms with Crippen molar-refractivity contribution in [1.29, 1.82) is 0 Å². The summed E-state index contributed by atoms with van der Waals surface area (Å²) < 4.78 is 53.4. The molecule has 0 fully saturated rings. The van der Waals surface area contributed by atoms with Crippen molar-refractivity contribution in [3.8, 4) is 5.75 Å². The van der Waals surface area contributed by atoms with E-state index in [1.165, 1.54) is 6.20 Å². The largest absolute Gasteiger partial charge is 0.573 e. The molecule has 0 spiro atoms. The predicted molar refractivity (Wildman–Crippen MR) is 60.6 cm³/mol. The highest BCUT2D eigenvalue weighted by molar-refractivity contribution is 5.91. The molecule has 0 atom stereocenters. The smallest absolute Gasteiger partial charge is 0.406 e. The highest BCUT2D eigenvalue weighted by atomic mass is 19.4. The number of carbonyl (C=O) groups is 1. The highest BCUT2D eigenvalue weighted by Gasteiger charge is 2.31. The maximum Gasteiger partial charge on any atom is 0.573 e. The van der Waals surface area contributed by atoms with E-state index in [1.807, 2.05) is 0 Å². The number of hydrogen-bond acceptors (Lipinski definition) is 4. The Hall–Kier alpha value is -2.65. The third kappa shape index (κ3) is 4.16. The van der Waals surface area contributed by atoms with Gasteiger partial charge in [0, 0.05) is 12.1 Å². The zero-order chi connectivity index (χ0) is 15.5. The first-order valence-electron chi connectivity index (χ1n) is 5.54. The van der Waals surface area contributed by atoms with Crippen molar-refractivity contribution >= 4 is 5.91 Å². The van der Waals surface area contributed by atoms with E-state index >= 15 is 0 Å². The van der Waals surface area contributed by atoms with Gasteiger partial charge in [-0.25, -0.2) is 4.39 Å². The molecule has 2 aromatic rings. The number of amides is 1. The predicted octanol–water partition coefficient (Wildman–Crippen LogP) is 1.77. The Labute approximate surface area is 115 Å². The minimum Gasteiger partial charge on any atom is -0.406 e. The number of ether oxygens (including phenoxy) is 1. The summed E-state index contributed by atoms with van der Waals surface area (Å²) in [6.07, 6.45) is -3.66. The molecule has 1 aromatic heterocycles. The lowest BCUT2D eigenvalue weighted by molar-refractivity contribution is -0.274. The lowest BCUT2D eigenvalue weighted by atomic mass is 10.2. The molecule has 0 aliphatic rings. The van der Waals surface area contributed by atoms with E-state index in [2.05, 4.69) is 25.5 Å². The number of benzene rings is 1. The van der Waals surface area contributed by atoms with E-state index < -0.39 is 23.8 Å². The van der Waals surface area contributed by atoms with Gasteiger partial charge < -0.3 is 10.1 Å². The molecule has 0 unspecified atom stereocenters. The topological polar surface area (TPSA) is 79.9 Å². The van der Waals surface area contributed by atoms with Crippen molar-refractivity contribution in [3.05, 3.63) is 41.5 Å². The maximum absolute atomic E-state index is 13.5. The summed E-state index contributed by atoms with van der Waals surface area (Å²) in [7, 11) is 0. The van der Waals surface area contributed by atoms with Crippen LogP contribution in [0.2, 0.25) is 0 Å². The average molecular weight is 304 g/mol. The molecule has 1 heterocycles. The zero-order valence-corrected chi connectivity index (χ0v) is 10.2. The number of aromatic nitrogens is 3. The molecule has 10 heteroatoms. The summed E-state index contributed by atoms with van der Waals surface area (Å²) >= 11 is 0. The molecule has 112 valence electrons. The quantitative estimate of drug-likeness (QED) is 0.844. The van der Waals surface area contributed by atoms with Gasteiger partial charge in [-0.3, -0.25) is 9.89 Å². The molecule has 0 saturated carbocycles. The summed E-state index contributed by atoms with van der Waals surface area (Å²) in [6.45, 7) is -0.327. The van der Waals surface area contributed by atoms with Crippen LogP contribution in [-0.2, 0) is 6.54 Å². The number of aromatic amines is 1. The molecule has 1 aromatic carbocycles. The first-order chi connectivity index (χ1) is 9.85. The standard InChI is InChI=1S/C11H8F4N4O2/c12-8-2-1-7(21-11(13,14)15)3-6(8)4-16-10(20)9-5-17-19-18-9/h1-3,5H,4H2,(H,16,20)(H,17,18,19). The van der Waals surface area contributed by atoms with Crippen LogP contribution < -0.4 is 10.1 Å². The first-order valence-corrected chi connectivity index (χ1v) is 5.54. The third-order valence-electron chi connectivity index (χ3n) is 2.34. The van der Waals surface area contributed by atoms with E-state index in [0.717, 1.165) is 18.2 Å². The van der Waals surface area contributed by atoms with Crippen LogP contribution in [0.4, 0.5) is 17.6 Å². The Kier molecular flexibility index (Phi) is 4.05. The molecule has 0 bridgehead atoms. The van der Waals surface area contributed by atoms with Gasteiger partial charge in [0.25, 0.3) is 5.91 Å². The van der Waals surface area contributed by atoms with Crippen molar-refractivity contribution < 1.29 is 27.1 Å². The van der Waals surface area contributed by atoms with Gasteiger partial charge in [0.05, 0.1) is 6.20 Å². The van der Waals surface area contributed by atoms with Gasteiger partial charge in [0.15, 0.2) is 5.69 Å². The highest BCUT2D eigenvalue weighted by Crippen LogP contribution is 2.24. The van der Waals surface area contributed by atoms with E-state index in [0.29, 0.717) is 0 Å². The van der Waals surface area contributed by atoms with Crippen molar-refractivity contribution in [3.63, 3.8) is 0 Å². The van der Waals surface area contributed by atoms with E-state index in [-0.39, 0.29) is 17.8 Å². The fourth-order valence-corrected chi connectivity index (χ4v) is 1.46. The van der Waals surface area contributed by atoms with Crippen LogP contribution in [0.5, 0.6) is 5.75 Å². The summed E-state index contributed by atoms with van der Waals surface area (Å²) in [6, 6.07) is 2.51. The molecule has 0 radical (unpaired) electrons. The number of halogens is 4. The van der Waals surface area contributed by atoms with E-state index in [1.54, 1.807) is 0 Å². The van der Waals surface area contributed by atoms with Crippen LogP contribution in [0, 0.1) is 5.82 Å².